The van der Waals surface area contributed by atoms with E-state index in [1.54, 1.807) is 18.2 Å². The van der Waals surface area contributed by atoms with Crippen LogP contribution >= 0.6 is 0 Å². The predicted molar refractivity (Wildman–Crippen MR) is 102 cm³/mol. The maximum absolute atomic E-state index is 11.8. The highest BCUT2D eigenvalue weighted by Crippen LogP contribution is 2.25. The molecular formula is C18H22N4O3S. The highest BCUT2D eigenvalue weighted by atomic mass is 32.2. The first-order valence-corrected chi connectivity index (χ1v) is 10.4. The molecule has 1 aliphatic heterocycles. The SMILES string of the molecule is CCN(c1cc(Nc2cccc(C(C)=O)c2)ncn1)C1CCS(=O)(=O)C1. The molecule has 1 atom stereocenters. The average molecular weight is 374 g/mol. The number of benzene rings is 1. The van der Waals surface area contributed by atoms with Crippen LogP contribution in [0.5, 0.6) is 0 Å². The number of anilines is 3. The molecule has 0 aliphatic carbocycles. The highest BCUT2D eigenvalue weighted by Gasteiger charge is 2.32. The number of hydrogen-bond acceptors (Lipinski definition) is 7. The standard InChI is InChI=1S/C18H22N4O3S/c1-3-22(16-7-8-26(24,25)11-16)18-10-17(19-12-20-18)21-15-6-4-5-14(9-15)13(2)23/h4-6,9-10,12,16H,3,7-8,11H2,1-2H3,(H,19,20,21). The van der Waals surface area contributed by atoms with E-state index < -0.39 is 9.84 Å². The number of hydrogen-bond donors (Lipinski definition) is 1. The van der Waals surface area contributed by atoms with Gasteiger partial charge in [-0.2, -0.15) is 0 Å². The lowest BCUT2D eigenvalue weighted by Crippen LogP contribution is -2.36. The quantitative estimate of drug-likeness (QED) is 0.776. The molecular weight excluding hydrogens is 352 g/mol. The zero-order valence-corrected chi connectivity index (χ0v) is 15.7. The first kappa shape index (κ1) is 18.3. The summed E-state index contributed by atoms with van der Waals surface area (Å²) in [7, 11) is -2.96. The van der Waals surface area contributed by atoms with Crippen molar-refractivity contribution in [2.75, 3.05) is 28.3 Å². The van der Waals surface area contributed by atoms with Gasteiger partial charge in [0.25, 0.3) is 0 Å². The Balaban J connectivity index is 1.81. The molecule has 1 saturated heterocycles. The van der Waals surface area contributed by atoms with Gasteiger partial charge in [0, 0.05) is 29.9 Å². The minimum absolute atomic E-state index is 0.00312. The Morgan fingerprint density at radius 3 is 2.77 bits per heavy atom. The molecule has 2 aromatic rings. The van der Waals surface area contributed by atoms with E-state index in [1.807, 2.05) is 24.0 Å². The molecule has 1 unspecified atom stereocenters. The molecule has 138 valence electrons. The van der Waals surface area contributed by atoms with Gasteiger partial charge in [0.15, 0.2) is 15.6 Å². The van der Waals surface area contributed by atoms with E-state index in [-0.39, 0.29) is 23.3 Å². The molecule has 26 heavy (non-hydrogen) atoms. The highest BCUT2D eigenvalue weighted by molar-refractivity contribution is 7.91. The van der Waals surface area contributed by atoms with E-state index in [1.165, 1.54) is 13.3 Å². The molecule has 8 heteroatoms. The topological polar surface area (TPSA) is 92.3 Å². The van der Waals surface area contributed by atoms with Crippen molar-refractivity contribution >= 4 is 32.9 Å². The fourth-order valence-corrected chi connectivity index (χ4v) is 4.90. The minimum atomic E-state index is -2.96. The number of nitrogens with zero attached hydrogens (tertiary/aromatic N) is 3. The summed E-state index contributed by atoms with van der Waals surface area (Å²) in [5, 5.41) is 3.18. The predicted octanol–water partition coefficient (Wildman–Crippen LogP) is 2.44. The van der Waals surface area contributed by atoms with Crippen LogP contribution in [0, 0.1) is 0 Å². The first-order chi connectivity index (χ1) is 12.4. The summed E-state index contributed by atoms with van der Waals surface area (Å²) in [4.78, 5) is 22.1. The molecule has 0 saturated carbocycles. The van der Waals surface area contributed by atoms with Gasteiger partial charge in [-0.1, -0.05) is 12.1 Å². The van der Waals surface area contributed by atoms with Gasteiger partial charge in [0.2, 0.25) is 0 Å². The zero-order chi connectivity index (χ0) is 18.7. The van der Waals surface area contributed by atoms with Gasteiger partial charge in [-0.25, -0.2) is 18.4 Å². The second-order valence-electron chi connectivity index (χ2n) is 6.37. The Morgan fingerprint density at radius 1 is 1.31 bits per heavy atom. The number of Topliss-reactive ketones (excluding diaryl/α,β-unsaturated/α-hetero) is 1. The van der Waals surface area contributed by atoms with Gasteiger partial charge in [0.1, 0.15) is 18.0 Å². The average Bonchev–Trinajstić information content (AvgIpc) is 2.96. The summed E-state index contributed by atoms with van der Waals surface area (Å²) in [5.74, 6) is 1.66. The summed E-state index contributed by atoms with van der Waals surface area (Å²) in [6.07, 6.45) is 2.07. The van der Waals surface area contributed by atoms with Gasteiger partial charge < -0.3 is 10.2 Å². The van der Waals surface area contributed by atoms with Crippen molar-refractivity contribution in [3.63, 3.8) is 0 Å². The summed E-state index contributed by atoms with van der Waals surface area (Å²) in [6.45, 7) is 4.17. The Hall–Kier alpha value is -2.48. The number of sulfone groups is 1. The van der Waals surface area contributed by atoms with Crippen molar-refractivity contribution < 1.29 is 13.2 Å². The lowest BCUT2D eigenvalue weighted by Gasteiger charge is -2.28. The van der Waals surface area contributed by atoms with Crippen LogP contribution in [0.25, 0.3) is 0 Å². The van der Waals surface area contributed by atoms with Crippen LogP contribution in [-0.4, -0.2) is 48.3 Å². The van der Waals surface area contributed by atoms with Crippen LogP contribution < -0.4 is 10.2 Å². The van der Waals surface area contributed by atoms with Crippen LogP contribution in [0.1, 0.15) is 30.6 Å². The maximum atomic E-state index is 11.8. The molecule has 1 aliphatic rings. The number of ketones is 1. The lowest BCUT2D eigenvalue weighted by molar-refractivity contribution is 0.101. The van der Waals surface area contributed by atoms with E-state index in [9.17, 15) is 13.2 Å². The number of nitrogens with one attached hydrogen (secondary N) is 1. The third-order valence-corrected chi connectivity index (χ3v) is 6.23. The maximum Gasteiger partial charge on any atom is 0.159 e. The number of aromatic nitrogens is 2. The summed E-state index contributed by atoms with van der Waals surface area (Å²) >= 11 is 0. The Labute approximate surface area is 153 Å². The first-order valence-electron chi connectivity index (χ1n) is 8.55. The van der Waals surface area contributed by atoms with Crippen LogP contribution in [0.15, 0.2) is 36.7 Å². The van der Waals surface area contributed by atoms with Crippen molar-refractivity contribution in [3.8, 4) is 0 Å². The van der Waals surface area contributed by atoms with E-state index in [0.29, 0.717) is 30.2 Å². The molecule has 0 spiro atoms. The molecule has 3 rings (SSSR count). The summed E-state index contributed by atoms with van der Waals surface area (Å²) in [5.41, 5.74) is 1.38. The Bertz CT molecular complexity index is 914. The number of carbonyl (C=O) groups is 1. The fourth-order valence-electron chi connectivity index (χ4n) is 3.16. The van der Waals surface area contributed by atoms with Crippen molar-refractivity contribution in [1.82, 2.24) is 9.97 Å². The zero-order valence-electron chi connectivity index (χ0n) is 14.8. The molecule has 0 amide bonds. The molecule has 1 fully saturated rings. The third kappa shape index (κ3) is 4.19. The Kier molecular flexibility index (Phi) is 5.22. The second kappa shape index (κ2) is 7.41. The van der Waals surface area contributed by atoms with Crippen LogP contribution in [0.3, 0.4) is 0 Å². The van der Waals surface area contributed by atoms with Crippen molar-refractivity contribution in [1.29, 1.82) is 0 Å². The van der Waals surface area contributed by atoms with Gasteiger partial charge in [-0.15, -0.1) is 0 Å². The fraction of sp³-hybridized carbons (Fsp3) is 0.389. The minimum Gasteiger partial charge on any atom is -0.353 e. The molecule has 0 radical (unpaired) electrons. The van der Waals surface area contributed by atoms with Gasteiger partial charge in [-0.05, 0) is 32.4 Å². The summed E-state index contributed by atoms with van der Waals surface area (Å²) in [6, 6.07) is 8.94. The monoisotopic (exact) mass is 374 g/mol. The van der Waals surface area contributed by atoms with Crippen molar-refractivity contribution in [2.24, 2.45) is 0 Å². The second-order valence-corrected chi connectivity index (χ2v) is 8.60. The Morgan fingerprint density at radius 2 is 2.12 bits per heavy atom. The number of carbonyl (C=O) groups excluding carboxylic acids is 1. The molecule has 1 aromatic heterocycles. The van der Waals surface area contributed by atoms with Crippen molar-refractivity contribution in [2.45, 2.75) is 26.3 Å². The van der Waals surface area contributed by atoms with E-state index in [0.717, 1.165) is 5.69 Å². The largest absolute Gasteiger partial charge is 0.353 e. The molecule has 7 nitrogen and oxygen atoms in total. The van der Waals surface area contributed by atoms with Gasteiger partial charge >= 0.3 is 0 Å². The van der Waals surface area contributed by atoms with Crippen LogP contribution in [-0.2, 0) is 9.84 Å². The van der Waals surface area contributed by atoms with Gasteiger partial charge in [0.05, 0.1) is 11.5 Å². The third-order valence-electron chi connectivity index (χ3n) is 4.48. The van der Waals surface area contributed by atoms with Crippen LogP contribution in [0.4, 0.5) is 17.3 Å². The smallest absolute Gasteiger partial charge is 0.159 e. The molecule has 0 bridgehead atoms. The normalized spacial score (nSPS) is 18.5. The van der Waals surface area contributed by atoms with E-state index in [2.05, 4.69) is 15.3 Å². The number of rotatable bonds is 6. The summed E-state index contributed by atoms with van der Waals surface area (Å²) < 4.78 is 23.6. The van der Waals surface area contributed by atoms with E-state index in [4.69, 9.17) is 0 Å². The lowest BCUT2D eigenvalue weighted by atomic mass is 10.1. The van der Waals surface area contributed by atoms with Gasteiger partial charge in [-0.3, -0.25) is 4.79 Å². The van der Waals surface area contributed by atoms with Crippen molar-refractivity contribution in [3.05, 3.63) is 42.2 Å². The van der Waals surface area contributed by atoms with Crippen LogP contribution in [0.2, 0.25) is 0 Å². The molecule has 2 heterocycles. The molecule has 1 aromatic carbocycles. The molecule has 1 N–H and O–H groups in total. The van der Waals surface area contributed by atoms with E-state index >= 15 is 0 Å².